The number of carboxylic acids is 1. The number of carbonyl (C=O) groups is 3. The Morgan fingerprint density at radius 3 is 2.12 bits per heavy atom. The number of carbonyl (C=O) groups excluding carboxylic acids is 2. The van der Waals surface area contributed by atoms with E-state index in [1.165, 1.54) is 5.32 Å². The van der Waals surface area contributed by atoms with Gasteiger partial charge in [-0.2, -0.15) is 13.2 Å². The molecule has 0 radical (unpaired) electrons. The van der Waals surface area contributed by atoms with E-state index in [4.69, 9.17) is 10.8 Å². The topological polar surface area (TPSA) is 109 Å². The van der Waals surface area contributed by atoms with Gasteiger partial charge in [0.15, 0.2) is 0 Å². The molecule has 1 atom stereocenters. The molecule has 0 aromatic heterocycles. The summed E-state index contributed by atoms with van der Waals surface area (Å²) in [6.07, 6.45) is -6.10. The number of aliphatic carboxylic acids is 1. The van der Waals surface area contributed by atoms with Crippen molar-refractivity contribution in [2.75, 3.05) is 0 Å². The molecule has 4 N–H and O–H groups in total. The average Bonchev–Trinajstić information content (AvgIpc) is 2.09. The summed E-state index contributed by atoms with van der Waals surface area (Å²) in [5.41, 5.74) is 4.69. The lowest BCUT2D eigenvalue weighted by molar-refractivity contribution is -0.175. The first-order valence-corrected chi connectivity index (χ1v) is 4.03. The first-order valence-electron chi connectivity index (χ1n) is 4.03. The minimum absolute atomic E-state index is 0.435. The molecule has 6 nitrogen and oxygen atoms in total. The van der Waals surface area contributed by atoms with Gasteiger partial charge in [-0.15, -0.1) is 0 Å². The number of carboxylic acid groups (broad SMARTS) is 1. The largest absolute Gasteiger partial charge is 0.480 e. The van der Waals surface area contributed by atoms with Gasteiger partial charge in [-0.1, -0.05) is 0 Å². The fraction of sp³-hybridized carbons (Fsp3) is 0.571. The molecule has 0 aromatic rings. The molecule has 0 aromatic carbocycles. The zero-order valence-electron chi connectivity index (χ0n) is 7.87. The molecule has 92 valence electrons. The van der Waals surface area contributed by atoms with Crippen LogP contribution in [0.5, 0.6) is 0 Å². The lowest BCUT2D eigenvalue weighted by atomic mass is 10.1. The molecule has 2 amide bonds. The number of rotatable bonds is 5. The van der Waals surface area contributed by atoms with Crippen LogP contribution in [0.15, 0.2) is 0 Å². The molecule has 0 aliphatic rings. The second-order valence-corrected chi connectivity index (χ2v) is 2.87. The van der Waals surface area contributed by atoms with E-state index in [1.54, 1.807) is 0 Å². The van der Waals surface area contributed by atoms with Crippen LogP contribution in [0, 0.1) is 0 Å². The maximum Gasteiger partial charge on any atom is 0.471 e. The van der Waals surface area contributed by atoms with E-state index in [9.17, 15) is 27.6 Å². The van der Waals surface area contributed by atoms with Crippen molar-refractivity contribution in [2.24, 2.45) is 5.73 Å². The third kappa shape index (κ3) is 5.17. The summed E-state index contributed by atoms with van der Waals surface area (Å²) in [7, 11) is 0. The van der Waals surface area contributed by atoms with E-state index < -0.39 is 42.8 Å². The molecule has 9 heteroatoms. The molecule has 0 unspecified atom stereocenters. The number of hydrogen-bond donors (Lipinski definition) is 3. The minimum Gasteiger partial charge on any atom is -0.480 e. The molecule has 0 bridgehead atoms. The molecule has 0 spiro atoms. The Balaban J connectivity index is 4.41. The van der Waals surface area contributed by atoms with Crippen molar-refractivity contribution in [1.82, 2.24) is 5.32 Å². The van der Waals surface area contributed by atoms with Gasteiger partial charge in [0, 0.05) is 6.42 Å². The predicted molar refractivity (Wildman–Crippen MR) is 44.0 cm³/mol. The monoisotopic (exact) mass is 242 g/mol. The molecular weight excluding hydrogens is 233 g/mol. The van der Waals surface area contributed by atoms with Crippen molar-refractivity contribution in [1.29, 1.82) is 0 Å². The highest BCUT2D eigenvalue weighted by atomic mass is 19.4. The Bertz CT molecular complexity index is 302. The SMILES string of the molecule is NC(=O)CC[C@H](NC(=O)C(F)(F)F)C(=O)O. The summed E-state index contributed by atoms with van der Waals surface area (Å²) in [6, 6.07) is -1.79. The van der Waals surface area contributed by atoms with E-state index >= 15 is 0 Å². The van der Waals surface area contributed by atoms with Gasteiger partial charge in [0.1, 0.15) is 6.04 Å². The fourth-order valence-electron chi connectivity index (χ4n) is 0.784. The number of primary amides is 1. The van der Waals surface area contributed by atoms with E-state index in [1.807, 2.05) is 0 Å². The summed E-state index contributed by atoms with van der Waals surface area (Å²) in [5, 5.41) is 9.71. The van der Waals surface area contributed by atoms with E-state index in [2.05, 4.69) is 0 Å². The van der Waals surface area contributed by atoms with Gasteiger partial charge in [0.05, 0.1) is 0 Å². The van der Waals surface area contributed by atoms with E-state index in [0.717, 1.165) is 0 Å². The Morgan fingerprint density at radius 1 is 1.31 bits per heavy atom. The van der Waals surface area contributed by atoms with Crippen molar-refractivity contribution in [3.8, 4) is 0 Å². The molecule has 0 aliphatic heterocycles. The number of halogens is 3. The number of alkyl halides is 3. The number of nitrogens with two attached hydrogens (primary N) is 1. The lowest BCUT2D eigenvalue weighted by Gasteiger charge is -2.14. The molecule has 0 aliphatic carbocycles. The van der Waals surface area contributed by atoms with Crippen molar-refractivity contribution in [2.45, 2.75) is 25.1 Å². The smallest absolute Gasteiger partial charge is 0.471 e. The highest BCUT2D eigenvalue weighted by molar-refractivity contribution is 5.87. The Hall–Kier alpha value is -1.80. The summed E-state index contributed by atoms with van der Waals surface area (Å²) in [4.78, 5) is 31.2. The van der Waals surface area contributed by atoms with Gasteiger partial charge in [-0.25, -0.2) is 4.79 Å². The standard InChI is InChI=1S/C7H9F3N2O4/c8-7(9,10)6(16)12-3(5(14)15)1-2-4(11)13/h3H,1-2H2,(H2,11,13)(H,12,16)(H,14,15)/t3-/m0/s1. The van der Waals surface area contributed by atoms with Crippen LogP contribution in [0.2, 0.25) is 0 Å². The van der Waals surface area contributed by atoms with Crippen LogP contribution in [0.3, 0.4) is 0 Å². The Morgan fingerprint density at radius 2 is 1.81 bits per heavy atom. The highest BCUT2D eigenvalue weighted by Crippen LogP contribution is 2.15. The maximum absolute atomic E-state index is 11.8. The molecular formula is C7H9F3N2O4. The molecule has 0 saturated heterocycles. The van der Waals surface area contributed by atoms with Crippen LogP contribution in [0.1, 0.15) is 12.8 Å². The van der Waals surface area contributed by atoms with Crippen LogP contribution in [0.25, 0.3) is 0 Å². The van der Waals surface area contributed by atoms with Gasteiger partial charge in [-0.3, -0.25) is 9.59 Å². The van der Waals surface area contributed by atoms with E-state index in [0.29, 0.717) is 0 Å². The van der Waals surface area contributed by atoms with Crippen LogP contribution in [-0.4, -0.2) is 35.1 Å². The van der Waals surface area contributed by atoms with Crippen molar-refractivity contribution < 1.29 is 32.7 Å². The fourth-order valence-corrected chi connectivity index (χ4v) is 0.784. The zero-order valence-corrected chi connectivity index (χ0v) is 7.87. The number of nitrogens with one attached hydrogen (secondary N) is 1. The minimum atomic E-state index is -5.17. The van der Waals surface area contributed by atoms with Crippen LogP contribution in [-0.2, 0) is 14.4 Å². The second kappa shape index (κ2) is 5.33. The summed E-state index contributed by atoms with van der Waals surface area (Å²) >= 11 is 0. The van der Waals surface area contributed by atoms with Crippen LogP contribution in [0.4, 0.5) is 13.2 Å². The normalized spacial score (nSPS) is 12.9. The third-order valence-electron chi connectivity index (χ3n) is 1.54. The first kappa shape index (κ1) is 14.2. The first-order chi connectivity index (χ1) is 7.14. The van der Waals surface area contributed by atoms with E-state index in [-0.39, 0.29) is 0 Å². The second-order valence-electron chi connectivity index (χ2n) is 2.87. The summed E-state index contributed by atoms with van der Waals surface area (Å²) < 4.78 is 35.3. The Kier molecular flexibility index (Phi) is 4.73. The highest BCUT2D eigenvalue weighted by Gasteiger charge is 2.40. The zero-order chi connectivity index (χ0) is 12.9. The van der Waals surface area contributed by atoms with Crippen LogP contribution >= 0.6 is 0 Å². The Labute approximate surface area is 87.6 Å². The van der Waals surface area contributed by atoms with Crippen LogP contribution < -0.4 is 11.1 Å². The summed E-state index contributed by atoms with van der Waals surface area (Å²) in [6.45, 7) is 0. The third-order valence-corrected chi connectivity index (χ3v) is 1.54. The molecule has 0 rings (SSSR count). The molecule has 0 heterocycles. The number of hydrogen-bond acceptors (Lipinski definition) is 3. The maximum atomic E-state index is 11.8. The molecule has 16 heavy (non-hydrogen) atoms. The van der Waals surface area contributed by atoms with Crippen molar-refractivity contribution in [3.05, 3.63) is 0 Å². The molecule has 0 saturated carbocycles. The number of amides is 2. The quantitative estimate of drug-likeness (QED) is 0.597. The van der Waals surface area contributed by atoms with Crippen molar-refractivity contribution >= 4 is 17.8 Å². The van der Waals surface area contributed by atoms with Gasteiger partial charge in [-0.05, 0) is 6.42 Å². The lowest BCUT2D eigenvalue weighted by Crippen LogP contribution is -2.47. The van der Waals surface area contributed by atoms with Gasteiger partial charge in [0.25, 0.3) is 0 Å². The molecule has 0 fully saturated rings. The van der Waals surface area contributed by atoms with Gasteiger partial charge < -0.3 is 16.2 Å². The predicted octanol–water partition coefficient (Wildman–Crippen LogP) is -0.616. The summed E-state index contributed by atoms with van der Waals surface area (Å²) in [5.74, 6) is -4.91. The van der Waals surface area contributed by atoms with Gasteiger partial charge >= 0.3 is 18.1 Å². The van der Waals surface area contributed by atoms with Crippen molar-refractivity contribution in [3.63, 3.8) is 0 Å². The van der Waals surface area contributed by atoms with Gasteiger partial charge in [0.2, 0.25) is 5.91 Å². The average molecular weight is 242 g/mol.